The van der Waals surface area contributed by atoms with Crippen LogP contribution in [-0.4, -0.2) is 61.9 Å². The first kappa shape index (κ1) is 29.9. The lowest BCUT2D eigenvalue weighted by atomic mass is 10.0. The molecule has 0 aliphatic rings. The van der Waals surface area contributed by atoms with Gasteiger partial charge in [0, 0.05) is 26.1 Å². The molecule has 1 N–H and O–H groups in total. The van der Waals surface area contributed by atoms with E-state index >= 15 is 0 Å². The van der Waals surface area contributed by atoms with Gasteiger partial charge in [0.2, 0.25) is 21.8 Å². The van der Waals surface area contributed by atoms with Crippen LogP contribution in [0.25, 0.3) is 0 Å². The quantitative estimate of drug-likeness (QED) is 0.330. The Kier molecular flexibility index (Phi) is 11.1. The molecule has 3 rings (SSSR count). The van der Waals surface area contributed by atoms with E-state index in [0.29, 0.717) is 12.3 Å². The summed E-state index contributed by atoms with van der Waals surface area (Å²) < 4.78 is 31.8. The second-order valence-electron chi connectivity index (χ2n) is 9.38. The Morgan fingerprint density at radius 1 is 0.846 bits per heavy atom. The molecule has 39 heavy (non-hydrogen) atoms. The van der Waals surface area contributed by atoms with Crippen molar-refractivity contribution < 1.29 is 22.7 Å². The van der Waals surface area contributed by atoms with Gasteiger partial charge in [0.05, 0.1) is 19.9 Å². The van der Waals surface area contributed by atoms with E-state index in [1.54, 1.807) is 19.2 Å². The highest BCUT2D eigenvalue weighted by molar-refractivity contribution is 7.88. The average Bonchev–Trinajstić information content (AvgIpc) is 2.94. The van der Waals surface area contributed by atoms with Gasteiger partial charge in [-0.05, 0) is 35.2 Å². The maximum Gasteiger partial charge on any atom is 0.243 e. The SMILES string of the molecule is CCCNC(=O)[C@H](Cc1ccccc1)N(Cc1ccc(OC)cc1)C(=O)CN(Cc1ccccc1)S(C)(=O)=O. The molecule has 2 amide bonds. The number of hydrogen-bond acceptors (Lipinski definition) is 5. The Bertz CT molecular complexity index is 1300. The predicted molar refractivity (Wildman–Crippen MR) is 152 cm³/mol. The molecule has 8 nitrogen and oxygen atoms in total. The standard InChI is InChI=1S/C30H37N3O5S/c1-4-19-31-30(35)28(20-24-11-7-5-8-12-24)33(22-26-15-17-27(38-2)18-16-26)29(34)23-32(39(3,36)37)21-25-13-9-6-10-14-25/h5-18,28H,4,19-23H2,1-3H3,(H,31,35)/t28-/m0/s1. The number of rotatable bonds is 14. The van der Waals surface area contributed by atoms with Crippen molar-refractivity contribution in [3.63, 3.8) is 0 Å². The minimum atomic E-state index is -3.72. The molecule has 0 fully saturated rings. The molecule has 0 bridgehead atoms. The molecule has 3 aromatic carbocycles. The molecule has 0 spiro atoms. The van der Waals surface area contributed by atoms with E-state index in [0.717, 1.165) is 33.7 Å². The Balaban J connectivity index is 1.98. The summed E-state index contributed by atoms with van der Waals surface area (Å²) >= 11 is 0. The summed E-state index contributed by atoms with van der Waals surface area (Å²) in [5, 5.41) is 2.93. The zero-order valence-electron chi connectivity index (χ0n) is 22.7. The molecule has 208 valence electrons. The van der Waals surface area contributed by atoms with Gasteiger partial charge in [-0.2, -0.15) is 4.31 Å². The monoisotopic (exact) mass is 551 g/mol. The van der Waals surface area contributed by atoms with Crippen LogP contribution in [-0.2, 0) is 39.1 Å². The third-order valence-corrected chi connectivity index (χ3v) is 7.51. The van der Waals surface area contributed by atoms with Gasteiger partial charge in [0.25, 0.3) is 0 Å². The van der Waals surface area contributed by atoms with Crippen LogP contribution < -0.4 is 10.1 Å². The van der Waals surface area contributed by atoms with Gasteiger partial charge < -0.3 is 15.0 Å². The van der Waals surface area contributed by atoms with Gasteiger partial charge in [0.15, 0.2) is 0 Å². The average molecular weight is 552 g/mol. The van der Waals surface area contributed by atoms with E-state index < -0.39 is 28.5 Å². The fraction of sp³-hybridized carbons (Fsp3) is 0.333. The lowest BCUT2D eigenvalue weighted by molar-refractivity contribution is -0.141. The highest BCUT2D eigenvalue weighted by Crippen LogP contribution is 2.19. The first-order valence-electron chi connectivity index (χ1n) is 12.9. The third kappa shape index (κ3) is 9.23. The summed E-state index contributed by atoms with van der Waals surface area (Å²) in [5.41, 5.74) is 2.45. The Labute approximate surface area is 231 Å². The fourth-order valence-electron chi connectivity index (χ4n) is 4.17. The summed E-state index contributed by atoms with van der Waals surface area (Å²) in [4.78, 5) is 28.9. The highest BCUT2D eigenvalue weighted by Gasteiger charge is 2.32. The molecule has 0 aliphatic carbocycles. The van der Waals surface area contributed by atoms with Gasteiger partial charge in [-0.1, -0.05) is 79.7 Å². The van der Waals surface area contributed by atoms with Crippen molar-refractivity contribution in [2.75, 3.05) is 26.5 Å². The van der Waals surface area contributed by atoms with Crippen LogP contribution in [0.3, 0.4) is 0 Å². The van der Waals surface area contributed by atoms with Gasteiger partial charge in [0.1, 0.15) is 11.8 Å². The van der Waals surface area contributed by atoms with Gasteiger partial charge >= 0.3 is 0 Å². The number of sulfonamides is 1. The van der Waals surface area contributed by atoms with E-state index in [1.807, 2.05) is 79.7 Å². The minimum absolute atomic E-state index is 0.0488. The van der Waals surface area contributed by atoms with Crippen LogP contribution >= 0.6 is 0 Å². The number of carbonyl (C=O) groups is 2. The van der Waals surface area contributed by atoms with Crippen LogP contribution in [0, 0.1) is 0 Å². The van der Waals surface area contributed by atoms with Crippen molar-refractivity contribution in [1.82, 2.24) is 14.5 Å². The zero-order chi connectivity index (χ0) is 28.3. The number of carbonyl (C=O) groups excluding carboxylic acids is 2. The smallest absolute Gasteiger partial charge is 0.243 e. The highest BCUT2D eigenvalue weighted by atomic mass is 32.2. The topological polar surface area (TPSA) is 96.0 Å². The summed E-state index contributed by atoms with van der Waals surface area (Å²) in [5.74, 6) is -0.0689. The Morgan fingerprint density at radius 3 is 1.95 bits per heavy atom. The van der Waals surface area contributed by atoms with Crippen molar-refractivity contribution >= 4 is 21.8 Å². The molecule has 0 saturated carbocycles. The molecule has 9 heteroatoms. The maximum absolute atomic E-state index is 13.9. The molecule has 0 heterocycles. The number of methoxy groups -OCH3 is 1. The van der Waals surface area contributed by atoms with Gasteiger partial charge in [-0.3, -0.25) is 9.59 Å². The fourth-order valence-corrected chi connectivity index (χ4v) is 4.90. The van der Waals surface area contributed by atoms with Crippen molar-refractivity contribution in [1.29, 1.82) is 0 Å². The summed E-state index contributed by atoms with van der Waals surface area (Å²) in [6.45, 7) is 2.21. The van der Waals surface area contributed by atoms with Crippen molar-refractivity contribution in [2.24, 2.45) is 0 Å². The summed E-state index contributed by atoms with van der Waals surface area (Å²) in [6, 6.07) is 25.0. The van der Waals surface area contributed by atoms with Gasteiger partial charge in [-0.15, -0.1) is 0 Å². The third-order valence-electron chi connectivity index (χ3n) is 6.31. The van der Waals surface area contributed by atoms with Crippen LogP contribution in [0.1, 0.15) is 30.0 Å². The molecular formula is C30H37N3O5S. The second kappa shape index (κ2) is 14.5. The van der Waals surface area contributed by atoms with Crippen LogP contribution in [0.4, 0.5) is 0 Å². The van der Waals surface area contributed by atoms with Crippen molar-refractivity contribution in [2.45, 2.75) is 38.9 Å². The number of nitrogens with one attached hydrogen (secondary N) is 1. The lowest BCUT2D eigenvalue weighted by Crippen LogP contribution is -2.53. The summed E-state index contributed by atoms with van der Waals surface area (Å²) in [7, 11) is -2.15. The molecule has 0 saturated heterocycles. The van der Waals surface area contributed by atoms with Crippen molar-refractivity contribution in [3.05, 3.63) is 102 Å². The molecule has 0 radical (unpaired) electrons. The number of nitrogens with zero attached hydrogens (tertiary/aromatic N) is 2. The van der Waals surface area contributed by atoms with Crippen molar-refractivity contribution in [3.8, 4) is 5.75 Å². The van der Waals surface area contributed by atoms with E-state index in [9.17, 15) is 18.0 Å². The van der Waals surface area contributed by atoms with E-state index in [-0.39, 0.29) is 25.4 Å². The number of benzene rings is 3. The first-order chi connectivity index (χ1) is 18.7. The normalized spacial score (nSPS) is 12.1. The summed E-state index contributed by atoms with van der Waals surface area (Å²) in [6.07, 6.45) is 2.12. The van der Waals surface area contributed by atoms with E-state index in [2.05, 4.69) is 5.32 Å². The lowest BCUT2D eigenvalue weighted by Gasteiger charge is -2.33. The van der Waals surface area contributed by atoms with Crippen LogP contribution in [0.2, 0.25) is 0 Å². The molecule has 0 aromatic heterocycles. The Hall–Kier alpha value is -3.69. The maximum atomic E-state index is 13.9. The second-order valence-corrected chi connectivity index (χ2v) is 11.4. The van der Waals surface area contributed by atoms with Crippen LogP contribution in [0.15, 0.2) is 84.9 Å². The molecule has 0 unspecified atom stereocenters. The number of amides is 2. The largest absolute Gasteiger partial charge is 0.497 e. The predicted octanol–water partition coefficient (Wildman–Crippen LogP) is 3.62. The molecular weight excluding hydrogens is 514 g/mol. The first-order valence-corrected chi connectivity index (χ1v) is 14.8. The zero-order valence-corrected chi connectivity index (χ0v) is 23.6. The molecule has 1 atom stereocenters. The van der Waals surface area contributed by atoms with Crippen LogP contribution in [0.5, 0.6) is 5.75 Å². The Morgan fingerprint density at radius 2 is 1.41 bits per heavy atom. The van der Waals surface area contributed by atoms with E-state index in [1.165, 1.54) is 4.90 Å². The van der Waals surface area contributed by atoms with E-state index in [4.69, 9.17) is 4.74 Å². The van der Waals surface area contributed by atoms with Gasteiger partial charge in [-0.25, -0.2) is 8.42 Å². The molecule has 0 aliphatic heterocycles. The molecule has 3 aromatic rings. The number of ether oxygens (including phenoxy) is 1. The number of hydrogen-bond donors (Lipinski definition) is 1. The minimum Gasteiger partial charge on any atom is -0.497 e.